The van der Waals surface area contributed by atoms with E-state index in [1.807, 2.05) is 0 Å². The van der Waals surface area contributed by atoms with Gasteiger partial charge in [-0.15, -0.1) is 0 Å². The van der Waals surface area contributed by atoms with Crippen molar-refractivity contribution in [1.82, 2.24) is 0 Å². The average molecular weight is 327 g/mol. The molecule has 0 bridgehead atoms. The maximum Gasteiger partial charge on any atom is 0.0446 e. The van der Waals surface area contributed by atoms with Gasteiger partial charge in [0.15, 0.2) is 0 Å². The van der Waals surface area contributed by atoms with Crippen LogP contribution in [0.1, 0.15) is 106 Å². The first-order chi connectivity index (χ1) is 11.7. The highest BCUT2D eigenvalue weighted by molar-refractivity contribution is 5.78. The minimum absolute atomic E-state index is 0.563. The van der Waals surface area contributed by atoms with E-state index in [4.69, 9.17) is 11.5 Å². The fourth-order valence-corrected chi connectivity index (χ4v) is 4.80. The lowest BCUT2D eigenvalue weighted by molar-refractivity contribution is 0.440. The van der Waals surface area contributed by atoms with Crippen molar-refractivity contribution < 1.29 is 0 Å². The minimum atomic E-state index is 0.563. The van der Waals surface area contributed by atoms with Gasteiger partial charge in [0.25, 0.3) is 0 Å². The van der Waals surface area contributed by atoms with Crippen LogP contribution in [-0.4, -0.2) is 0 Å². The Hall–Kier alpha value is -1.44. The summed E-state index contributed by atoms with van der Waals surface area (Å²) in [5.74, 6) is 1.20. The number of hydrogen-bond donors (Lipinski definition) is 2. The normalized spacial score (nSPS) is 20.7. The van der Waals surface area contributed by atoms with E-state index in [0.717, 1.165) is 17.8 Å². The molecule has 2 nitrogen and oxygen atoms in total. The van der Waals surface area contributed by atoms with Gasteiger partial charge in [-0.2, -0.15) is 0 Å². The molecule has 132 valence electrons. The highest BCUT2D eigenvalue weighted by Gasteiger charge is 2.26. The first kappa shape index (κ1) is 17.4. The summed E-state index contributed by atoms with van der Waals surface area (Å²) in [6.45, 7) is 2.19. The second-order valence-corrected chi connectivity index (χ2v) is 7.78. The van der Waals surface area contributed by atoms with Gasteiger partial charge < -0.3 is 11.5 Å². The van der Waals surface area contributed by atoms with E-state index >= 15 is 0 Å². The van der Waals surface area contributed by atoms with Crippen molar-refractivity contribution in [2.24, 2.45) is 0 Å². The summed E-state index contributed by atoms with van der Waals surface area (Å²) >= 11 is 0. The lowest BCUT2D eigenvalue weighted by Crippen LogP contribution is -2.14. The van der Waals surface area contributed by atoms with Gasteiger partial charge in [0.05, 0.1) is 0 Å². The Morgan fingerprint density at radius 2 is 1.50 bits per heavy atom. The maximum atomic E-state index is 6.73. The molecule has 0 amide bonds. The monoisotopic (exact) mass is 326 g/mol. The van der Waals surface area contributed by atoms with E-state index in [9.17, 15) is 0 Å². The molecule has 2 fully saturated rings. The van der Waals surface area contributed by atoms with Crippen molar-refractivity contribution in [3.63, 3.8) is 0 Å². The number of nitrogen functional groups attached to an aromatic ring is 2. The molecule has 2 heteroatoms. The Morgan fingerprint density at radius 1 is 0.917 bits per heavy atom. The average Bonchev–Trinajstić information content (AvgIpc) is 2.62. The molecule has 24 heavy (non-hydrogen) atoms. The van der Waals surface area contributed by atoms with Crippen LogP contribution in [0.4, 0.5) is 11.4 Å². The van der Waals surface area contributed by atoms with Crippen LogP contribution in [0.25, 0.3) is 6.08 Å². The lowest BCUT2D eigenvalue weighted by atomic mass is 9.77. The number of rotatable bonds is 4. The largest absolute Gasteiger partial charge is 0.398 e. The molecule has 0 aliphatic heterocycles. The smallest absolute Gasteiger partial charge is 0.0446 e. The molecule has 0 spiro atoms. The van der Waals surface area contributed by atoms with Crippen LogP contribution in [0.15, 0.2) is 12.1 Å². The third-order valence-electron chi connectivity index (χ3n) is 6.09. The molecule has 0 aromatic heterocycles. The van der Waals surface area contributed by atoms with E-state index in [1.54, 1.807) is 0 Å². The molecular formula is C22H34N2. The van der Waals surface area contributed by atoms with Crippen LogP contribution in [0.3, 0.4) is 0 Å². The first-order valence-corrected chi connectivity index (χ1v) is 10.1. The second-order valence-electron chi connectivity index (χ2n) is 7.78. The Bertz CT molecular complexity index is 576. The standard InChI is InChI=1S/C22H34N2/c1-2-3-14-18-19(16-10-6-4-7-11-16)15-20(23)21(22(18)24)17-12-8-5-9-13-17/h3,14-17H,2,4-13,23-24H2,1H3. The quantitative estimate of drug-likeness (QED) is 0.632. The summed E-state index contributed by atoms with van der Waals surface area (Å²) in [7, 11) is 0. The number of hydrogen-bond acceptors (Lipinski definition) is 2. The van der Waals surface area contributed by atoms with E-state index in [1.165, 1.54) is 80.9 Å². The molecule has 3 rings (SSSR count). The Morgan fingerprint density at radius 3 is 2.08 bits per heavy atom. The van der Waals surface area contributed by atoms with Crippen LogP contribution in [-0.2, 0) is 0 Å². The van der Waals surface area contributed by atoms with Gasteiger partial charge in [0.2, 0.25) is 0 Å². The fraction of sp³-hybridized carbons (Fsp3) is 0.636. The summed E-state index contributed by atoms with van der Waals surface area (Å²) in [5.41, 5.74) is 19.2. The third-order valence-corrected chi connectivity index (χ3v) is 6.09. The Balaban J connectivity index is 2.03. The van der Waals surface area contributed by atoms with Gasteiger partial charge in [-0.1, -0.05) is 57.6 Å². The number of anilines is 2. The zero-order valence-corrected chi connectivity index (χ0v) is 15.3. The fourth-order valence-electron chi connectivity index (χ4n) is 4.80. The predicted molar refractivity (Wildman–Crippen MR) is 106 cm³/mol. The summed E-state index contributed by atoms with van der Waals surface area (Å²) in [4.78, 5) is 0. The second kappa shape index (κ2) is 8.09. The van der Waals surface area contributed by atoms with Gasteiger partial charge in [-0.05, 0) is 55.6 Å². The number of allylic oxidation sites excluding steroid dienone is 1. The molecule has 0 heterocycles. The molecule has 2 aliphatic rings. The van der Waals surface area contributed by atoms with Crippen molar-refractivity contribution >= 4 is 17.5 Å². The molecule has 4 N–H and O–H groups in total. The highest BCUT2D eigenvalue weighted by Crippen LogP contribution is 2.45. The van der Waals surface area contributed by atoms with Crippen molar-refractivity contribution in [3.05, 3.63) is 28.8 Å². The minimum Gasteiger partial charge on any atom is -0.398 e. The zero-order chi connectivity index (χ0) is 16.9. The summed E-state index contributed by atoms with van der Waals surface area (Å²) in [6.07, 6.45) is 18.7. The molecule has 1 aromatic carbocycles. The summed E-state index contributed by atoms with van der Waals surface area (Å²) in [5, 5.41) is 0. The van der Waals surface area contributed by atoms with Gasteiger partial charge in [-0.25, -0.2) is 0 Å². The lowest BCUT2D eigenvalue weighted by Gasteiger charge is -2.29. The topological polar surface area (TPSA) is 52.0 Å². The SMILES string of the molecule is CCC=Cc1c(C2CCCCC2)cc(N)c(C2CCCCC2)c1N. The van der Waals surface area contributed by atoms with Gasteiger partial charge in [-0.3, -0.25) is 0 Å². The van der Waals surface area contributed by atoms with Crippen LogP contribution < -0.4 is 11.5 Å². The van der Waals surface area contributed by atoms with Gasteiger partial charge >= 0.3 is 0 Å². The zero-order valence-electron chi connectivity index (χ0n) is 15.3. The molecule has 0 saturated heterocycles. The molecule has 0 unspecified atom stereocenters. The highest BCUT2D eigenvalue weighted by atomic mass is 14.6. The summed E-state index contributed by atoms with van der Waals surface area (Å²) in [6, 6.07) is 2.28. The van der Waals surface area contributed by atoms with Crippen molar-refractivity contribution in [2.45, 2.75) is 89.4 Å². The van der Waals surface area contributed by atoms with Crippen LogP contribution in [0, 0.1) is 0 Å². The Labute approximate surface area is 147 Å². The predicted octanol–water partition coefficient (Wildman–Crippen LogP) is 6.37. The third kappa shape index (κ3) is 3.63. The van der Waals surface area contributed by atoms with E-state index in [0.29, 0.717) is 11.8 Å². The van der Waals surface area contributed by atoms with E-state index in [2.05, 4.69) is 25.1 Å². The maximum absolute atomic E-state index is 6.73. The van der Waals surface area contributed by atoms with E-state index in [-0.39, 0.29) is 0 Å². The molecule has 2 aliphatic carbocycles. The number of benzene rings is 1. The first-order valence-electron chi connectivity index (χ1n) is 10.1. The molecule has 0 atom stereocenters. The molecule has 1 aromatic rings. The van der Waals surface area contributed by atoms with Gasteiger partial charge in [0, 0.05) is 22.5 Å². The molecule has 2 saturated carbocycles. The Kier molecular flexibility index (Phi) is 5.86. The van der Waals surface area contributed by atoms with Crippen LogP contribution in [0.5, 0.6) is 0 Å². The van der Waals surface area contributed by atoms with Crippen molar-refractivity contribution in [3.8, 4) is 0 Å². The molecule has 0 radical (unpaired) electrons. The van der Waals surface area contributed by atoms with E-state index < -0.39 is 0 Å². The van der Waals surface area contributed by atoms with Crippen LogP contribution >= 0.6 is 0 Å². The van der Waals surface area contributed by atoms with Crippen LogP contribution in [0.2, 0.25) is 0 Å². The van der Waals surface area contributed by atoms with Crippen molar-refractivity contribution in [2.75, 3.05) is 11.5 Å². The molecular weight excluding hydrogens is 292 g/mol. The van der Waals surface area contributed by atoms with Gasteiger partial charge in [0.1, 0.15) is 0 Å². The summed E-state index contributed by atoms with van der Waals surface area (Å²) < 4.78 is 0. The van der Waals surface area contributed by atoms with Crippen molar-refractivity contribution in [1.29, 1.82) is 0 Å². The number of nitrogens with two attached hydrogens (primary N) is 2.